The van der Waals surface area contributed by atoms with E-state index < -0.39 is 0 Å². The zero-order chi connectivity index (χ0) is 13.4. The normalized spacial score (nSPS) is 11.1. The smallest absolute Gasteiger partial charge is 0.229 e. The van der Waals surface area contributed by atoms with Gasteiger partial charge in [-0.05, 0) is 46.6 Å². The van der Waals surface area contributed by atoms with Crippen LogP contribution in [0.2, 0.25) is 5.28 Å². The predicted molar refractivity (Wildman–Crippen MR) is 81.0 cm³/mol. The topological polar surface area (TPSA) is 30.7 Å². The van der Waals surface area contributed by atoms with Crippen molar-refractivity contribution in [3.05, 3.63) is 52.0 Å². The van der Waals surface area contributed by atoms with Gasteiger partial charge in [0.15, 0.2) is 0 Å². The van der Waals surface area contributed by atoms with E-state index >= 15 is 0 Å². The van der Waals surface area contributed by atoms with Gasteiger partial charge in [0.2, 0.25) is 5.28 Å². The van der Waals surface area contributed by atoms with Crippen molar-refractivity contribution >= 4 is 38.3 Å². The van der Waals surface area contributed by atoms with E-state index in [9.17, 15) is 0 Å². The number of halogens is 2. The minimum Gasteiger partial charge on any atom is -0.270 e. The summed E-state index contributed by atoms with van der Waals surface area (Å²) in [6.07, 6.45) is 0.790. The van der Waals surface area contributed by atoms with Crippen molar-refractivity contribution in [3.8, 4) is 5.69 Å². The number of aryl methyl sites for hydroxylation is 1. The Hall–Kier alpha value is -1.39. The van der Waals surface area contributed by atoms with E-state index in [0.29, 0.717) is 5.28 Å². The lowest BCUT2D eigenvalue weighted by Gasteiger charge is -2.08. The van der Waals surface area contributed by atoms with Gasteiger partial charge in [0, 0.05) is 10.9 Å². The standard InChI is InChI=1S/C14H11BrClN3/c1-2-13-17-18-14(16)19(13)12-6-4-9-7-11(15)5-3-10(9)8-12/h3-8H,2H2,1H3. The zero-order valence-electron chi connectivity index (χ0n) is 10.3. The second-order valence-corrected chi connectivity index (χ2v) is 5.50. The van der Waals surface area contributed by atoms with E-state index in [4.69, 9.17) is 11.6 Å². The van der Waals surface area contributed by atoms with E-state index in [0.717, 1.165) is 27.8 Å². The highest BCUT2D eigenvalue weighted by atomic mass is 79.9. The molecule has 1 heterocycles. The molecule has 0 spiro atoms. The highest BCUT2D eigenvalue weighted by Gasteiger charge is 2.10. The molecule has 0 atom stereocenters. The number of benzene rings is 2. The molecule has 0 fully saturated rings. The number of fused-ring (bicyclic) bond motifs is 1. The van der Waals surface area contributed by atoms with Gasteiger partial charge in [-0.3, -0.25) is 4.57 Å². The molecule has 0 saturated heterocycles. The Labute approximate surface area is 124 Å². The average Bonchev–Trinajstić information content (AvgIpc) is 2.79. The third kappa shape index (κ3) is 2.26. The highest BCUT2D eigenvalue weighted by molar-refractivity contribution is 9.10. The van der Waals surface area contributed by atoms with E-state index in [1.165, 1.54) is 5.39 Å². The van der Waals surface area contributed by atoms with Crippen molar-refractivity contribution in [1.29, 1.82) is 0 Å². The number of hydrogen-bond donors (Lipinski definition) is 0. The lowest BCUT2D eigenvalue weighted by Crippen LogP contribution is -2.00. The fourth-order valence-corrected chi connectivity index (χ4v) is 2.73. The van der Waals surface area contributed by atoms with Gasteiger partial charge >= 0.3 is 0 Å². The van der Waals surface area contributed by atoms with Crippen molar-refractivity contribution in [3.63, 3.8) is 0 Å². The first-order valence-corrected chi connectivity index (χ1v) is 7.15. The van der Waals surface area contributed by atoms with Crippen LogP contribution in [0.5, 0.6) is 0 Å². The molecule has 96 valence electrons. The molecule has 0 aliphatic rings. The Balaban J connectivity index is 2.20. The van der Waals surface area contributed by atoms with Crippen LogP contribution >= 0.6 is 27.5 Å². The monoisotopic (exact) mass is 335 g/mol. The molecule has 3 aromatic rings. The fraction of sp³-hybridized carbons (Fsp3) is 0.143. The predicted octanol–water partition coefficient (Wildman–Crippen LogP) is 4.40. The van der Waals surface area contributed by atoms with Gasteiger partial charge in [-0.2, -0.15) is 0 Å². The second kappa shape index (κ2) is 4.94. The Morgan fingerprint density at radius 3 is 2.63 bits per heavy atom. The summed E-state index contributed by atoms with van der Waals surface area (Å²) in [5.74, 6) is 0.862. The van der Waals surface area contributed by atoms with Crippen molar-refractivity contribution < 1.29 is 0 Å². The first-order valence-electron chi connectivity index (χ1n) is 5.98. The minimum absolute atomic E-state index is 0.397. The molecule has 0 aliphatic heterocycles. The maximum atomic E-state index is 6.12. The summed E-state index contributed by atoms with van der Waals surface area (Å²) in [6.45, 7) is 2.04. The number of rotatable bonds is 2. The largest absolute Gasteiger partial charge is 0.270 e. The van der Waals surface area contributed by atoms with Crippen LogP contribution in [-0.2, 0) is 6.42 Å². The van der Waals surface area contributed by atoms with Crippen molar-refractivity contribution in [2.45, 2.75) is 13.3 Å². The summed E-state index contributed by atoms with van der Waals surface area (Å²) in [5, 5.41) is 10.7. The molecule has 2 aromatic carbocycles. The second-order valence-electron chi connectivity index (χ2n) is 4.25. The molecule has 0 amide bonds. The van der Waals surface area contributed by atoms with E-state index in [2.05, 4.69) is 50.4 Å². The van der Waals surface area contributed by atoms with Gasteiger partial charge in [0.25, 0.3) is 0 Å². The summed E-state index contributed by atoms with van der Waals surface area (Å²) < 4.78 is 2.95. The van der Waals surface area contributed by atoms with Gasteiger partial charge in [0.1, 0.15) is 5.82 Å². The molecule has 5 heteroatoms. The first-order chi connectivity index (χ1) is 9.19. The summed E-state index contributed by atoms with van der Waals surface area (Å²) in [5.41, 5.74) is 0.988. The Morgan fingerprint density at radius 1 is 1.11 bits per heavy atom. The highest BCUT2D eigenvalue weighted by Crippen LogP contribution is 2.24. The van der Waals surface area contributed by atoms with Crippen LogP contribution in [0.4, 0.5) is 0 Å². The minimum atomic E-state index is 0.397. The van der Waals surface area contributed by atoms with Gasteiger partial charge in [-0.15, -0.1) is 10.2 Å². The van der Waals surface area contributed by atoms with Crippen LogP contribution in [0.25, 0.3) is 16.5 Å². The molecule has 19 heavy (non-hydrogen) atoms. The van der Waals surface area contributed by atoms with E-state index in [1.54, 1.807) is 0 Å². The van der Waals surface area contributed by atoms with Crippen LogP contribution < -0.4 is 0 Å². The molecule has 0 radical (unpaired) electrons. The van der Waals surface area contributed by atoms with Gasteiger partial charge in [0.05, 0.1) is 5.69 Å². The first kappa shape index (κ1) is 12.6. The number of hydrogen-bond acceptors (Lipinski definition) is 2. The van der Waals surface area contributed by atoms with E-state index in [-0.39, 0.29) is 0 Å². The van der Waals surface area contributed by atoms with Crippen molar-refractivity contribution in [2.24, 2.45) is 0 Å². The Morgan fingerprint density at radius 2 is 1.84 bits per heavy atom. The van der Waals surface area contributed by atoms with Crippen molar-refractivity contribution in [2.75, 3.05) is 0 Å². The van der Waals surface area contributed by atoms with Crippen LogP contribution in [0.3, 0.4) is 0 Å². The SMILES string of the molecule is CCc1nnc(Cl)n1-c1ccc2cc(Br)ccc2c1. The molecule has 0 unspecified atom stereocenters. The fourth-order valence-electron chi connectivity index (χ4n) is 2.12. The Kier molecular flexibility index (Phi) is 3.29. The maximum absolute atomic E-state index is 6.12. The van der Waals surface area contributed by atoms with Crippen LogP contribution in [0.15, 0.2) is 40.9 Å². The molecule has 0 saturated carbocycles. The quantitative estimate of drug-likeness (QED) is 0.694. The summed E-state index contributed by atoms with van der Waals surface area (Å²) in [6, 6.07) is 12.4. The summed E-state index contributed by atoms with van der Waals surface area (Å²) >= 11 is 9.59. The molecule has 0 aliphatic carbocycles. The lowest BCUT2D eigenvalue weighted by atomic mass is 10.1. The summed E-state index contributed by atoms with van der Waals surface area (Å²) in [7, 11) is 0. The lowest BCUT2D eigenvalue weighted by molar-refractivity contribution is 0.884. The number of aromatic nitrogens is 3. The molecule has 0 bridgehead atoms. The molecule has 1 aromatic heterocycles. The third-order valence-electron chi connectivity index (χ3n) is 3.05. The molecular formula is C14H11BrClN3. The van der Waals surface area contributed by atoms with Crippen LogP contribution in [-0.4, -0.2) is 14.8 Å². The zero-order valence-corrected chi connectivity index (χ0v) is 12.6. The van der Waals surface area contributed by atoms with E-state index in [1.807, 2.05) is 23.6 Å². The number of nitrogens with zero attached hydrogens (tertiary/aromatic N) is 3. The average molecular weight is 337 g/mol. The molecule has 0 N–H and O–H groups in total. The van der Waals surface area contributed by atoms with Crippen LogP contribution in [0, 0.1) is 0 Å². The third-order valence-corrected chi connectivity index (χ3v) is 3.79. The van der Waals surface area contributed by atoms with Crippen molar-refractivity contribution in [1.82, 2.24) is 14.8 Å². The van der Waals surface area contributed by atoms with Gasteiger partial charge < -0.3 is 0 Å². The van der Waals surface area contributed by atoms with Gasteiger partial charge in [-0.25, -0.2) is 0 Å². The molecule has 3 rings (SSSR count). The van der Waals surface area contributed by atoms with Crippen LogP contribution in [0.1, 0.15) is 12.7 Å². The Bertz CT molecular complexity index is 752. The molecule has 3 nitrogen and oxygen atoms in total. The van der Waals surface area contributed by atoms with Gasteiger partial charge in [-0.1, -0.05) is 35.0 Å². The molecular weight excluding hydrogens is 326 g/mol. The maximum Gasteiger partial charge on any atom is 0.229 e. The summed E-state index contributed by atoms with van der Waals surface area (Å²) in [4.78, 5) is 0.